The van der Waals surface area contributed by atoms with E-state index in [1.54, 1.807) is 0 Å². The second-order valence-corrected chi connectivity index (χ2v) is 4.18. The fourth-order valence-electron chi connectivity index (χ4n) is 1.60. The number of benzene rings is 1. The SMILES string of the molecule is CCC(CC)NC(=O)CNOCc1ccccc1. The second-order valence-electron chi connectivity index (χ2n) is 4.18. The average Bonchev–Trinajstić information content (AvgIpc) is 2.42. The first-order chi connectivity index (χ1) is 8.76. The molecular formula is C14H22N2O2. The summed E-state index contributed by atoms with van der Waals surface area (Å²) < 4.78 is 0. The maximum absolute atomic E-state index is 11.5. The Hall–Kier alpha value is -1.39. The zero-order valence-corrected chi connectivity index (χ0v) is 11.1. The first-order valence-corrected chi connectivity index (χ1v) is 6.44. The highest BCUT2D eigenvalue weighted by molar-refractivity contribution is 5.78. The van der Waals surface area contributed by atoms with Crippen molar-refractivity contribution in [3.05, 3.63) is 35.9 Å². The quantitative estimate of drug-likeness (QED) is 0.548. The Morgan fingerprint density at radius 1 is 1.22 bits per heavy atom. The molecule has 0 aromatic heterocycles. The summed E-state index contributed by atoms with van der Waals surface area (Å²) >= 11 is 0. The molecule has 1 aromatic carbocycles. The minimum Gasteiger partial charge on any atom is -0.352 e. The number of hydroxylamine groups is 1. The van der Waals surface area contributed by atoms with Gasteiger partial charge in [-0.3, -0.25) is 9.63 Å². The zero-order chi connectivity index (χ0) is 13.2. The van der Waals surface area contributed by atoms with Crippen LogP contribution in [0.4, 0.5) is 0 Å². The largest absolute Gasteiger partial charge is 0.352 e. The number of hydrogen-bond donors (Lipinski definition) is 2. The highest BCUT2D eigenvalue weighted by Crippen LogP contribution is 1.99. The van der Waals surface area contributed by atoms with Crippen LogP contribution in [-0.4, -0.2) is 18.5 Å². The van der Waals surface area contributed by atoms with Crippen LogP contribution in [-0.2, 0) is 16.2 Å². The van der Waals surface area contributed by atoms with Crippen molar-refractivity contribution in [1.82, 2.24) is 10.8 Å². The number of rotatable bonds is 8. The van der Waals surface area contributed by atoms with Crippen LogP contribution in [0.3, 0.4) is 0 Å². The van der Waals surface area contributed by atoms with Crippen LogP contribution in [0.25, 0.3) is 0 Å². The number of nitrogens with one attached hydrogen (secondary N) is 2. The summed E-state index contributed by atoms with van der Waals surface area (Å²) in [5.74, 6) is -0.0308. The maximum Gasteiger partial charge on any atom is 0.236 e. The van der Waals surface area contributed by atoms with Crippen molar-refractivity contribution < 1.29 is 9.63 Å². The highest BCUT2D eigenvalue weighted by atomic mass is 16.6. The summed E-state index contributed by atoms with van der Waals surface area (Å²) in [6, 6.07) is 10.1. The molecule has 4 nitrogen and oxygen atoms in total. The molecule has 0 aliphatic heterocycles. The van der Waals surface area contributed by atoms with Crippen LogP contribution in [0.5, 0.6) is 0 Å². The number of carbonyl (C=O) groups is 1. The summed E-state index contributed by atoms with van der Waals surface area (Å²) in [7, 11) is 0. The molecule has 4 heteroatoms. The zero-order valence-electron chi connectivity index (χ0n) is 11.1. The average molecular weight is 250 g/mol. The predicted molar refractivity (Wildman–Crippen MR) is 71.7 cm³/mol. The van der Waals surface area contributed by atoms with Crippen molar-refractivity contribution >= 4 is 5.91 Å². The van der Waals surface area contributed by atoms with E-state index in [2.05, 4.69) is 24.6 Å². The molecule has 0 saturated carbocycles. The first-order valence-electron chi connectivity index (χ1n) is 6.44. The summed E-state index contributed by atoms with van der Waals surface area (Å²) in [6.45, 7) is 4.77. The van der Waals surface area contributed by atoms with Crippen LogP contribution >= 0.6 is 0 Å². The van der Waals surface area contributed by atoms with E-state index in [4.69, 9.17) is 4.84 Å². The van der Waals surface area contributed by atoms with E-state index in [9.17, 15) is 4.79 Å². The number of amides is 1. The molecule has 0 unspecified atom stereocenters. The molecule has 0 aliphatic carbocycles. The minimum absolute atomic E-state index is 0.0308. The molecule has 0 spiro atoms. The lowest BCUT2D eigenvalue weighted by Crippen LogP contribution is -2.39. The van der Waals surface area contributed by atoms with Gasteiger partial charge in [-0.2, -0.15) is 5.48 Å². The van der Waals surface area contributed by atoms with Crippen LogP contribution in [0.15, 0.2) is 30.3 Å². The molecule has 0 bridgehead atoms. The number of carbonyl (C=O) groups excluding carboxylic acids is 1. The molecule has 100 valence electrons. The molecule has 2 N–H and O–H groups in total. The number of hydrogen-bond acceptors (Lipinski definition) is 3. The van der Waals surface area contributed by atoms with Gasteiger partial charge in [0.05, 0.1) is 13.2 Å². The third kappa shape index (κ3) is 5.80. The molecule has 0 atom stereocenters. The Bertz CT molecular complexity index is 337. The van der Waals surface area contributed by atoms with Gasteiger partial charge in [0, 0.05) is 6.04 Å². The molecule has 0 saturated heterocycles. The van der Waals surface area contributed by atoms with Crippen molar-refractivity contribution in [3.63, 3.8) is 0 Å². The Morgan fingerprint density at radius 3 is 2.50 bits per heavy atom. The van der Waals surface area contributed by atoms with Gasteiger partial charge in [-0.15, -0.1) is 0 Å². The lowest BCUT2D eigenvalue weighted by atomic mass is 10.2. The van der Waals surface area contributed by atoms with Gasteiger partial charge in [-0.05, 0) is 18.4 Å². The summed E-state index contributed by atoms with van der Waals surface area (Å²) in [6.07, 6.45) is 1.90. The van der Waals surface area contributed by atoms with E-state index in [-0.39, 0.29) is 18.5 Å². The van der Waals surface area contributed by atoms with Gasteiger partial charge in [0.25, 0.3) is 0 Å². The molecule has 1 rings (SSSR count). The van der Waals surface area contributed by atoms with Crippen molar-refractivity contribution in [2.75, 3.05) is 6.54 Å². The Kier molecular flexibility index (Phi) is 7.06. The first kappa shape index (κ1) is 14.7. The van der Waals surface area contributed by atoms with Gasteiger partial charge in [0.1, 0.15) is 0 Å². The fraction of sp³-hybridized carbons (Fsp3) is 0.500. The van der Waals surface area contributed by atoms with E-state index in [0.717, 1.165) is 18.4 Å². The second kappa shape index (κ2) is 8.66. The summed E-state index contributed by atoms with van der Waals surface area (Å²) in [5.41, 5.74) is 3.75. The monoisotopic (exact) mass is 250 g/mol. The molecule has 1 aromatic rings. The van der Waals surface area contributed by atoms with Crippen LogP contribution in [0, 0.1) is 0 Å². The van der Waals surface area contributed by atoms with Crippen molar-refractivity contribution in [3.8, 4) is 0 Å². The van der Waals surface area contributed by atoms with E-state index >= 15 is 0 Å². The lowest BCUT2D eigenvalue weighted by Gasteiger charge is -2.14. The Labute approximate surface area is 109 Å². The molecule has 0 fully saturated rings. The van der Waals surface area contributed by atoms with Crippen molar-refractivity contribution in [2.24, 2.45) is 0 Å². The highest BCUT2D eigenvalue weighted by Gasteiger charge is 2.07. The third-order valence-electron chi connectivity index (χ3n) is 2.77. The standard InChI is InChI=1S/C14H22N2O2/c1-3-13(4-2)16-14(17)10-15-18-11-12-8-6-5-7-9-12/h5-9,13,15H,3-4,10-11H2,1-2H3,(H,16,17). The van der Waals surface area contributed by atoms with E-state index in [0.29, 0.717) is 6.61 Å². The summed E-state index contributed by atoms with van der Waals surface area (Å²) in [5, 5.41) is 2.93. The van der Waals surface area contributed by atoms with Gasteiger partial charge in [0.15, 0.2) is 0 Å². The molecule has 0 radical (unpaired) electrons. The smallest absolute Gasteiger partial charge is 0.236 e. The van der Waals surface area contributed by atoms with E-state index < -0.39 is 0 Å². The third-order valence-corrected chi connectivity index (χ3v) is 2.77. The van der Waals surface area contributed by atoms with Gasteiger partial charge in [-0.25, -0.2) is 0 Å². The van der Waals surface area contributed by atoms with Crippen molar-refractivity contribution in [1.29, 1.82) is 0 Å². The maximum atomic E-state index is 11.5. The van der Waals surface area contributed by atoms with E-state index in [1.807, 2.05) is 30.3 Å². The van der Waals surface area contributed by atoms with Crippen LogP contribution in [0.1, 0.15) is 32.3 Å². The van der Waals surface area contributed by atoms with Gasteiger partial charge in [-0.1, -0.05) is 44.2 Å². The summed E-state index contributed by atoms with van der Waals surface area (Å²) in [4.78, 5) is 16.8. The predicted octanol–water partition coefficient (Wildman–Crippen LogP) is 2.01. The topological polar surface area (TPSA) is 50.4 Å². The lowest BCUT2D eigenvalue weighted by molar-refractivity contribution is -0.123. The van der Waals surface area contributed by atoms with Gasteiger partial charge < -0.3 is 5.32 Å². The van der Waals surface area contributed by atoms with Crippen LogP contribution in [0.2, 0.25) is 0 Å². The Morgan fingerprint density at radius 2 is 1.89 bits per heavy atom. The van der Waals surface area contributed by atoms with E-state index in [1.165, 1.54) is 0 Å². The molecular weight excluding hydrogens is 228 g/mol. The molecule has 1 amide bonds. The minimum atomic E-state index is -0.0308. The van der Waals surface area contributed by atoms with Gasteiger partial charge >= 0.3 is 0 Å². The molecule has 0 heterocycles. The van der Waals surface area contributed by atoms with Crippen LogP contribution < -0.4 is 10.8 Å². The fourth-order valence-corrected chi connectivity index (χ4v) is 1.60. The molecule has 18 heavy (non-hydrogen) atoms. The normalized spacial score (nSPS) is 10.6. The Balaban J connectivity index is 2.12. The van der Waals surface area contributed by atoms with Gasteiger partial charge in [0.2, 0.25) is 5.91 Å². The molecule has 0 aliphatic rings. The van der Waals surface area contributed by atoms with Crippen molar-refractivity contribution in [2.45, 2.75) is 39.3 Å².